The molecule has 7 heavy (non-hydrogen) atoms. The van der Waals surface area contributed by atoms with Gasteiger partial charge in [0.05, 0.1) is 0 Å². The third-order valence-corrected chi connectivity index (χ3v) is 0.358. The Morgan fingerprint density at radius 3 is 2.86 bits per heavy atom. The molecule has 0 fully saturated rings. The maximum absolute atomic E-state index is 9.37. The van der Waals surface area contributed by atoms with Crippen molar-refractivity contribution < 1.29 is 9.53 Å². The predicted molar refractivity (Wildman–Crippen MR) is 25.5 cm³/mol. The molecule has 0 saturated heterocycles. The lowest BCUT2D eigenvalue weighted by molar-refractivity contribution is -0.123. The average molecular weight is 98.1 g/mol. The van der Waals surface area contributed by atoms with Gasteiger partial charge in [0.2, 0.25) is 0 Å². The van der Waals surface area contributed by atoms with Crippen molar-refractivity contribution in [3.63, 3.8) is 0 Å². The molecule has 0 rings (SSSR count). The van der Waals surface area contributed by atoms with E-state index in [2.05, 4.69) is 10.5 Å². The van der Waals surface area contributed by atoms with Crippen molar-refractivity contribution in [2.45, 2.75) is 6.92 Å². The van der Waals surface area contributed by atoms with Crippen LogP contribution in [0, 0.1) is 0 Å². The fourth-order valence-corrected chi connectivity index (χ4v) is 0.135. The molecule has 0 aliphatic rings. The van der Waals surface area contributed by atoms with Crippen LogP contribution in [-0.2, 0) is 9.53 Å². The minimum atomic E-state index is 0.344. The molecule has 0 aromatic heterocycles. The molecule has 0 bridgehead atoms. The topological polar surface area (TPSA) is 26.3 Å². The summed E-state index contributed by atoms with van der Waals surface area (Å²) < 4.78 is 4.13. The molecule has 0 aromatic carbocycles. The summed E-state index contributed by atoms with van der Waals surface area (Å²) in [6.45, 7) is 2.13. The molecule has 38 valence electrons. The molecule has 0 aromatic rings. The average Bonchev–Trinajstić information content (AvgIpc) is 1.69. The molecule has 0 N–H and O–H groups in total. The number of allylic oxidation sites excluding steroid dienone is 1. The number of hydrogen-bond acceptors (Lipinski definition) is 2. The smallest absolute Gasteiger partial charge is 0.298 e. The van der Waals surface area contributed by atoms with E-state index < -0.39 is 0 Å². The highest BCUT2D eigenvalue weighted by Crippen LogP contribution is 1.64. The monoisotopic (exact) mass is 98.0 g/mol. The summed E-state index contributed by atoms with van der Waals surface area (Å²) in [7, 11) is 0. The lowest BCUT2D eigenvalue weighted by Gasteiger charge is -1.72. The lowest BCUT2D eigenvalue weighted by Crippen LogP contribution is -1.68. The fraction of sp³-hybridized carbons (Fsp3) is 0.200. The summed E-state index contributed by atoms with van der Waals surface area (Å²) >= 11 is 0. The minimum absolute atomic E-state index is 0.344. The predicted octanol–water partition coefficient (Wildman–Crippen LogP) is 0.848. The number of carbonyl (C=O) groups is 1. The Labute approximate surface area is 42.1 Å². The van der Waals surface area contributed by atoms with Gasteiger partial charge < -0.3 is 4.74 Å². The van der Waals surface area contributed by atoms with Crippen LogP contribution in [-0.4, -0.2) is 6.47 Å². The molecule has 0 atom stereocenters. The van der Waals surface area contributed by atoms with Crippen LogP contribution < -0.4 is 0 Å². The van der Waals surface area contributed by atoms with E-state index in [-0.39, 0.29) is 0 Å². The second kappa shape index (κ2) is 4.99. The summed E-state index contributed by atoms with van der Waals surface area (Å²) in [6.07, 6.45) is 2.83. The number of rotatable bonds is 2. The second-order valence-electron chi connectivity index (χ2n) is 0.806. The Morgan fingerprint density at radius 1 is 1.71 bits per heavy atom. The van der Waals surface area contributed by atoms with E-state index in [1.165, 1.54) is 6.26 Å². The molecule has 0 amide bonds. The number of carbonyl (C=O) groups excluding carboxylic acids is 1. The van der Waals surface area contributed by atoms with Crippen molar-refractivity contribution in [1.82, 2.24) is 0 Å². The second-order valence-corrected chi connectivity index (χ2v) is 0.806. The standard InChI is InChI=1S/C5H6O2/c1-2-3-4-7-5-6/h2,4-5H,1H3. The normalized spacial score (nSPS) is 5.86. The summed E-state index contributed by atoms with van der Waals surface area (Å²) in [4.78, 5) is 9.37. The van der Waals surface area contributed by atoms with Gasteiger partial charge in [-0.1, -0.05) is 5.73 Å². The maximum Gasteiger partial charge on any atom is 0.298 e. The third kappa shape index (κ3) is 4.99. The van der Waals surface area contributed by atoms with Crippen LogP contribution in [0.5, 0.6) is 0 Å². The molecule has 0 unspecified atom stereocenters. The van der Waals surface area contributed by atoms with Gasteiger partial charge in [-0.3, -0.25) is 4.79 Å². The fourth-order valence-electron chi connectivity index (χ4n) is 0.135. The Morgan fingerprint density at radius 2 is 2.43 bits per heavy atom. The Balaban J connectivity index is 3.27. The summed E-state index contributed by atoms with van der Waals surface area (Å²) in [5, 5.41) is 0. The van der Waals surface area contributed by atoms with Crippen molar-refractivity contribution in [3.8, 4) is 0 Å². The van der Waals surface area contributed by atoms with Gasteiger partial charge in [0.25, 0.3) is 6.47 Å². The zero-order chi connectivity index (χ0) is 5.54. The number of hydrogen-bond donors (Lipinski definition) is 0. The van der Waals surface area contributed by atoms with Crippen molar-refractivity contribution in [1.29, 1.82) is 0 Å². The maximum atomic E-state index is 9.37. The van der Waals surface area contributed by atoms with Gasteiger partial charge in [-0.25, -0.2) is 0 Å². The first-order valence-electron chi connectivity index (χ1n) is 1.86. The summed E-state index contributed by atoms with van der Waals surface area (Å²) in [6, 6.07) is 0. The highest BCUT2D eigenvalue weighted by Gasteiger charge is 1.57. The molecule has 0 aliphatic carbocycles. The zero-order valence-electron chi connectivity index (χ0n) is 4.05. The van der Waals surface area contributed by atoms with Crippen molar-refractivity contribution >= 4 is 6.47 Å². The van der Waals surface area contributed by atoms with Crippen molar-refractivity contribution in [2.24, 2.45) is 0 Å². The summed E-state index contributed by atoms with van der Waals surface area (Å²) in [5.74, 6) is 0. The first-order chi connectivity index (χ1) is 3.41. The highest BCUT2D eigenvalue weighted by molar-refractivity contribution is 5.38. The van der Waals surface area contributed by atoms with Crippen molar-refractivity contribution in [3.05, 3.63) is 18.1 Å². The van der Waals surface area contributed by atoms with E-state index in [9.17, 15) is 4.79 Å². The van der Waals surface area contributed by atoms with E-state index in [1.807, 2.05) is 0 Å². The molecule has 0 saturated carbocycles. The molecule has 0 aliphatic heterocycles. The van der Waals surface area contributed by atoms with Crippen LogP contribution in [0.4, 0.5) is 0 Å². The van der Waals surface area contributed by atoms with Gasteiger partial charge in [0.1, 0.15) is 6.26 Å². The van der Waals surface area contributed by atoms with E-state index in [0.29, 0.717) is 6.47 Å². The Kier molecular flexibility index (Phi) is 4.27. The first kappa shape index (κ1) is 5.99. The van der Waals surface area contributed by atoms with Gasteiger partial charge in [-0.2, -0.15) is 0 Å². The van der Waals surface area contributed by atoms with Gasteiger partial charge in [0, 0.05) is 0 Å². The van der Waals surface area contributed by atoms with E-state index in [0.717, 1.165) is 0 Å². The molecule has 0 spiro atoms. The molecular formula is C5H6O2. The van der Waals surface area contributed by atoms with Crippen LogP contribution in [0.25, 0.3) is 0 Å². The Bertz CT molecular complexity index is 98.6. The van der Waals surface area contributed by atoms with Crippen LogP contribution in [0.3, 0.4) is 0 Å². The highest BCUT2D eigenvalue weighted by atomic mass is 16.5. The van der Waals surface area contributed by atoms with Crippen LogP contribution in [0.1, 0.15) is 6.92 Å². The van der Waals surface area contributed by atoms with Gasteiger partial charge in [-0.15, -0.1) is 0 Å². The van der Waals surface area contributed by atoms with Gasteiger partial charge in [-0.05, 0) is 13.0 Å². The summed E-state index contributed by atoms with van der Waals surface area (Å²) in [5.41, 5.74) is 2.55. The van der Waals surface area contributed by atoms with E-state index in [1.54, 1.807) is 13.0 Å². The minimum Gasteiger partial charge on any atom is -0.428 e. The lowest BCUT2D eigenvalue weighted by atomic mass is 10.7. The van der Waals surface area contributed by atoms with Gasteiger partial charge in [0.15, 0.2) is 0 Å². The zero-order valence-corrected chi connectivity index (χ0v) is 4.05. The van der Waals surface area contributed by atoms with Crippen LogP contribution in [0.15, 0.2) is 18.1 Å². The quantitative estimate of drug-likeness (QED) is 0.291. The molecule has 2 nitrogen and oxygen atoms in total. The van der Waals surface area contributed by atoms with Crippen LogP contribution in [0.2, 0.25) is 0 Å². The SMILES string of the molecule is CC=C=COC=O. The number of ether oxygens (including phenoxy) is 1. The molecule has 2 heteroatoms. The Hall–Kier alpha value is -1.01. The largest absolute Gasteiger partial charge is 0.428 e. The van der Waals surface area contributed by atoms with Crippen molar-refractivity contribution in [2.75, 3.05) is 0 Å². The van der Waals surface area contributed by atoms with E-state index in [4.69, 9.17) is 0 Å². The van der Waals surface area contributed by atoms with Crippen LogP contribution >= 0.6 is 0 Å². The van der Waals surface area contributed by atoms with E-state index >= 15 is 0 Å². The third-order valence-electron chi connectivity index (χ3n) is 0.358. The first-order valence-corrected chi connectivity index (χ1v) is 1.86. The molecular weight excluding hydrogens is 92.1 g/mol. The molecule has 0 radical (unpaired) electrons. The van der Waals surface area contributed by atoms with Gasteiger partial charge >= 0.3 is 0 Å². The molecule has 0 heterocycles.